The Morgan fingerprint density at radius 1 is 1.22 bits per heavy atom. The first kappa shape index (κ1) is 17.0. The number of para-hydroxylation sites is 1. The van der Waals surface area contributed by atoms with Gasteiger partial charge in [-0.3, -0.25) is 9.59 Å². The molecular formula is C15H14F3NO4. The Morgan fingerprint density at radius 3 is 2.70 bits per heavy atom. The maximum atomic E-state index is 11.8. The number of fused-ring (bicyclic) bond motifs is 1. The number of aromatic nitrogens is 1. The summed E-state index contributed by atoms with van der Waals surface area (Å²) in [5.41, 5.74) is 0.534. The molecule has 23 heavy (non-hydrogen) atoms. The predicted molar refractivity (Wildman–Crippen MR) is 75.9 cm³/mol. The van der Waals surface area contributed by atoms with E-state index >= 15 is 0 Å². The Bertz CT molecular complexity index is 739. The largest absolute Gasteiger partial charge is 0.461 e. The second kappa shape index (κ2) is 7.28. The molecule has 0 aliphatic heterocycles. The first-order valence-electron chi connectivity index (χ1n) is 6.76. The molecule has 124 valence electrons. The van der Waals surface area contributed by atoms with Gasteiger partial charge in [0.15, 0.2) is 0 Å². The van der Waals surface area contributed by atoms with Crippen LogP contribution >= 0.6 is 0 Å². The second-order valence-corrected chi connectivity index (χ2v) is 4.79. The molecule has 0 saturated carbocycles. The average Bonchev–Trinajstić information content (AvgIpc) is 2.48. The number of aromatic amines is 1. The Balaban J connectivity index is 1.85. The Labute approximate surface area is 129 Å². The van der Waals surface area contributed by atoms with E-state index in [1.165, 1.54) is 0 Å². The van der Waals surface area contributed by atoms with E-state index in [1.54, 1.807) is 30.3 Å². The normalized spacial score (nSPS) is 11.6. The van der Waals surface area contributed by atoms with E-state index in [0.717, 1.165) is 5.39 Å². The lowest BCUT2D eigenvalue weighted by Gasteiger charge is -2.08. The Morgan fingerprint density at radius 2 is 1.96 bits per heavy atom. The third-order valence-electron chi connectivity index (χ3n) is 2.94. The molecule has 0 amide bonds. The van der Waals surface area contributed by atoms with Crippen LogP contribution in [0.5, 0.6) is 0 Å². The van der Waals surface area contributed by atoms with Crippen molar-refractivity contribution in [2.24, 2.45) is 0 Å². The summed E-state index contributed by atoms with van der Waals surface area (Å²) in [6.45, 7) is -2.06. The number of pyridine rings is 1. The van der Waals surface area contributed by atoms with Crippen LogP contribution in [0.1, 0.15) is 12.0 Å². The fraction of sp³-hybridized carbons (Fsp3) is 0.333. The average molecular weight is 329 g/mol. The molecule has 0 aliphatic carbocycles. The van der Waals surface area contributed by atoms with Crippen LogP contribution in [-0.2, 0) is 20.9 Å². The van der Waals surface area contributed by atoms with E-state index in [2.05, 4.69) is 9.72 Å². The van der Waals surface area contributed by atoms with Gasteiger partial charge in [0.25, 0.3) is 5.56 Å². The van der Waals surface area contributed by atoms with Crippen LogP contribution < -0.4 is 5.56 Å². The van der Waals surface area contributed by atoms with Crippen LogP contribution in [0, 0.1) is 0 Å². The fourth-order valence-corrected chi connectivity index (χ4v) is 1.87. The zero-order valence-electron chi connectivity index (χ0n) is 12.0. The molecule has 2 aromatic rings. The van der Waals surface area contributed by atoms with Crippen LogP contribution in [0.25, 0.3) is 10.9 Å². The number of carbonyl (C=O) groups excluding carboxylic acids is 1. The van der Waals surface area contributed by atoms with Crippen molar-refractivity contribution in [3.8, 4) is 0 Å². The van der Waals surface area contributed by atoms with Gasteiger partial charge >= 0.3 is 12.1 Å². The smallest absolute Gasteiger partial charge is 0.411 e. The van der Waals surface area contributed by atoms with E-state index in [4.69, 9.17) is 4.74 Å². The lowest BCUT2D eigenvalue weighted by atomic mass is 10.1. The number of halogens is 3. The first-order valence-corrected chi connectivity index (χ1v) is 6.76. The van der Waals surface area contributed by atoms with E-state index in [0.29, 0.717) is 5.52 Å². The minimum absolute atomic E-state index is 0.252. The van der Waals surface area contributed by atoms with Crippen molar-refractivity contribution in [1.82, 2.24) is 4.98 Å². The monoisotopic (exact) mass is 329 g/mol. The number of ether oxygens (including phenoxy) is 2. The highest BCUT2D eigenvalue weighted by Gasteiger charge is 2.27. The summed E-state index contributed by atoms with van der Waals surface area (Å²) in [6, 6.07) is 8.71. The third-order valence-corrected chi connectivity index (χ3v) is 2.94. The first-order chi connectivity index (χ1) is 10.8. The van der Waals surface area contributed by atoms with Gasteiger partial charge in [-0.25, -0.2) is 0 Å². The SMILES string of the molecule is O=C(CCOCC(F)(F)F)OCc1cc2ccccc2[nH]c1=O. The molecule has 0 atom stereocenters. The molecule has 1 aromatic heterocycles. The van der Waals surface area contributed by atoms with Gasteiger partial charge < -0.3 is 14.5 Å². The van der Waals surface area contributed by atoms with E-state index in [9.17, 15) is 22.8 Å². The predicted octanol–water partition coefficient (Wildman–Crippen LogP) is 2.54. The summed E-state index contributed by atoms with van der Waals surface area (Å²) < 4.78 is 44.7. The Hall–Kier alpha value is -2.35. The number of esters is 1. The summed E-state index contributed by atoms with van der Waals surface area (Å²) in [7, 11) is 0. The Kier molecular flexibility index (Phi) is 5.38. The standard InChI is InChI=1S/C15H14F3NO4/c16-15(17,18)9-22-6-5-13(20)23-8-11-7-10-3-1-2-4-12(10)19-14(11)21/h1-4,7H,5-6,8-9H2,(H,19,21). The molecule has 0 saturated heterocycles. The molecule has 0 radical (unpaired) electrons. The van der Waals surface area contributed by atoms with Crippen molar-refractivity contribution in [3.63, 3.8) is 0 Å². The number of rotatable bonds is 6. The topological polar surface area (TPSA) is 68.4 Å². The van der Waals surface area contributed by atoms with Gasteiger partial charge in [-0.15, -0.1) is 0 Å². The number of nitrogens with one attached hydrogen (secondary N) is 1. The van der Waals surface area contributed by atoms with E-state index < -0.39 is 25.4 Å². The summed E-state index contributed by atoms with van der Waals surface area (Å²) in [5.74, 6) is -0.736. The van der Waals surface area contributed by atoms with Crippen LogP contribution in [0.4, 0.5) is 13.2 Å². The molecule has 0 spiro atoms. The van der Waals surface area contributed by atoms with Gasteiger partial charge in [-0.1, -0.05) is 18.2 Å². The number of hydrogen-bond acceptors (Lipinski definition) is 4. The molecule has 0 aliphatic rings. The molecule has 0 fully saturated rings. The van der Waals surface area contributed by atoms with Crippen molar-refractivity contribution < 1.29 is 27.4 Å². The molecule has 8 heteroatoms. The van der Waals surface area contributed by atoms with Gasteiger partial charge in [0.2, 0.25) is 0 Å². The van der Waals surface area contributed by atoms with Gasteiger partial charge in [-0.05, 0) is 17.5 Å². The number of hydrogen-bond donors (Lipinski definition) is 1. The third kappa shape index (κ3) is 5.41. The number of alkyl halides is 3. The molecule has 0 bridgehead atoms. The highest BCUT2D eigenvalue weighted by atomic mass is 19.4. The van der Waals surface area contributed by atoms with Crippen LogP contribution in [-0.4, -0.2) is 30.3 Å². The summed E-state index contributed by atoms with van der Waals surface area (Å²) >= 11 is 0. The number of H-pyrrole nitrogens is 1. The number of benzene rings is 1. The van der Waals surface area contributed by atoms with Gasteiger partial charge in [0, 0.05) is 5.52 Å². The molecule has 1 heterocycles. The molecule has 0 unspecified atom stereocenters. The van der Waals surface area contributed by atoms with Gasteiger partial charge in [0.1, 0.15) is 13.2 Å². The zero-order chi connectivity index (χ0) is 16.9. The van der Waals surface area contributed by atoms with E-state index in [1.807, 2.05) is 0 Å². The minimum atomic E-state index is -4.43. The lowest BCUT2D eigenvalue weighted by molar-refractivity contribution is -0.176. The van der Waals surface area contributed by atoms with Crippen molar-refractivity contribution in [2.45, 2.75) is 19.2 Å². The van der Waals surface area contributed by atoms with Crippen molar-refractivity contribution >= 4 is 16.9 Å². The highest BCUT2D eigenvalue weighted by molar-refractivity contribution is 5.78. The van der Waals surface area contributed by atoms with Gasteiger partial charge in [-0.2, -0.15) is 13.2 Å². The van der Waals surface area contributed by atoms with Crippen LogP contribution in [0.3, 0.4) is 0 Å². The molecule has 1 N–H and O–H groups in total. The number of carbonyl (C=O) groups is 1. The van der Waals surface area contributed by atoms with Gasteiger partial charge in [0.05, 0.1) is 18.6 Å². The maximum Gasteiger partial charge on any atom is 0.411 e. The molecule has 5 nitrogen and oxygen atoms in total. The minimum Gasteiger partial charge on any atom is -0.461 e. The summed E-state index contributed by atoms with van der Waals surface area (Å²) in [5, 5.41) is 0.784. The molecule has 2 rings (SSSR count). The summed E-state index contributed by atoms with van der Waals surface area (Å²) in [6.07, 6.45) is -4.75. The van der Waals surface area contributed by atoms with E-state index in [-0.39, 0.29) is 24.2 Å². The van der Waals surface area contributed by atoms with Crippen molar-refractivity contribution in [2.75, 3.05) is 13.2 Å². The van der Waals surface area contributed by atoms with Crippen LogP contribution in [0.2, 0.25) is 0 Å². The van der Waals surface area contributed by atoms with Crippen molar-refractivity contribution in [3.05, 3.63) is 46.2 Å². The van der Waals surface area contributed by atoms with Crippen LogP contribution in [0.15, 0.2) is 35.1 Å². The summed E-state index contributed by atoms with van der Waals surface area (Å²) in [4.78, 5) is 25.9. The maximum absolute atomic E-state index is 11.8. The zero-order valence-corrected chi connectivity index (χ0v) is 12.0. The lowest BCUT2D eigenvalue weighted by Crippen LogP contribution is -2.19. The molecule has 1 aromatic carbocycles. The quantitative estimate of drug-likeness (QED) is 0.653. The fourth-order valence-electron chi connectivity index (χ4n) is 1.87. The molecular weight excluding hydrogens is 315 g/mol. The highest BCUT2D eigenvalue weighted by Crippen LogP contribution is 2.14. The second-order valence-electron chi connectivity index (χ2n) is 4.79. The van der Waals surface area contributed by atoms with Crippen molar-refractivity contribution in [1.29, 1.82) is 0 Å².